The Balaban J connectivity index is 2.13. The van der Waals surface area contributed by atoms with Gasteiger partial charge in [-0.05, 0) is 45.0 Å². The van der Waals surface area contributed by atoms with Crippen molar-refractivity contribution in [3.63, 3.8) is 0 Å². The van der Waals surface area contributed by atoms with Gasteiger partial charge in [-0.3, -0.25) is 0 Å². The molecule has 0 amide bonds. The Morgan fingerprint density at radius 2 is 1.59 bits per heavy atom. The van der Waals surface area contributed by atoms with Crippen LogP contribution in [0.2, 0.25) is 0 Å². The molecule has 1 unspecified atom stereocenters. The molecule has 118 valence electrons. The molecular weight excluding hydrogens is 270 g/mol. The van der Waals surface area contributed by atoms with Crippen molar-refractivity contribution in [3.8, 4) is 5.75 Å². The van der Waals surface area contributed by atoms with Crippen LogP contribution in [0.25, 0.3) is 0 Å². The van der Waals surface area contributed by atoms with E-state index in [2.05, 4.69) is 75.2 Å². The van der Waals surface area contributed by atoms with Crippen LogP contribution in [0, 0.1) is 6.92 Å². The standard InChI is InChI=1S/C20H27NO/c1-16(2)21(4)15-14-20(18-11-6-5-7-12-18)22-19-13-9-8-10-17(19)3/h5-13,16,20H,14-15H2,1-4H3. The number of benzene rings is 2. The first-order valence-electron chi connectivity index (χ1n) is 8.05. The molecule has 0 aliphatic heterocycles. The molecule has 2 heteroatoms. The third kappa shape index (κ3) is 4.60. The minimum atomic E-state index is 0.0866. The fourth-order valence-electron chi connectivity index (χ4n) is 2.38. The zero-order valence-electron chi connectivity index (χ0n) is 14.1. The normalized spacial score (nSPS) is 12.6. The maximum absolute atomic E-state index is 6.33. The van der Waals surface area contributed by atoms with Crippen molar-refractivity contribution in [1.82, 2.24) is 4.90 Å². The highest BCUT2D eigenvalue weighted by molar-refractivity contribution is 5.33. The van der Waals surface area contributed by atoms with Crippen molar-refractivity contribution < 1.29 is 4.74 Å². The van der Waals surface area contributed by atoms with E-state index in [0.29, 0.717) is 6.04 Å². The van der Waals surface area contributed by atoms with Crippen LogP contribution in [-0.4, -0.2) is 24.5 Å². The highest BCUT2D eigenvalue weighted by Crippen LogP contribution is 2.27. The minimum Gasteiger partial charge on any atom is -0.485 e. The van der Waals surface area contributed by atoms with Gasteiger partial charge < -0.3 is 9.64 Å². The summed E-state index contributed by atoms with van der Waals surface area (Å²) in [5.74, 6) is 0.976. The number of aryl methyl sites for hydroxylation is 1. The predicted molar refractivity (Wildman–Crippen MR) is 93.4 cm³/mol. The van der Waals surface area contributed by atoms with Gasteiger partial charge in [0.25, 0.3) is 0 Å². The van der Waals surface area contributed by atoms with Gasteiger partial charge >= 0.3 is 0 Å². The van der Waals surface area contributed by atoms with Gasteiger partial charge in [-0.25, -0.2) is 0 Å². The summed E-state index contributed by atoms with van der Waals surface area (Å²) in [5.41, 5.74) is 2.42. The first kappa shape index (κ1) is 16.6. The van der Waals surface area contributed by atoms with Gasteiger partial charge in [0, 0.05) is 19.0 Å². The first-order valence-corrected chi connectivity index (χ1v) is 8.05. The van der Waals surface area contributed by atoms with Gasteiger partial charge in [-0.2, -0.15) is 0 Å². The number of hydrogen-bond acceptors (Lipinski definition) is 2. The van der Waals surface area contributed by atoms with Crippen molar-refractivity contribution in [3.05, 3.63) is 65.7 Å². The molecule has 0 saturated heterocycles. The minimum absolute atomic E-state index is 0.0866. The van der Waals surface area contributed by atoms with Crippen LogP contribution >= 0.6 is 0 Å². The molecule has 2 nitrogen and oxygen atoms in total. The van der Waals surface area contributed by atoms with Crippen molar-refractivity contribution in [2.24, 2.45) is 0 Å². The van der Waals surface area contributed by atoms with Gasteiger partial charge in [0.05, 0.1) is 0 Å². The average Bonchev–Trinajstić information content (AvgIpc) is 2.53. The maximum atomic E-state index is 6.33. The molecule has 2 aromatic carbocycles. The van der Waals surface area contributed by atoms with Gasteiger partial charge in [0.1, 0.15) is 11.9 Å². The molecule has 0 fully saturated rings. The molecule has 0 radical (unpaired) electrons. The Morgan fingerprint density at radius 3 is 2.23 bits per heavy atom. The topological polar surface area (TPSA) is 12.5 Å². The highest BCUT2D eigenvalue weighted by Gasteiger charge is 2.16. The average molecular weight is 297 g/mol. The van der Waals surface area contributed by atoms with E-state index >= 15 is 0 Å². The second kappa shape index (κ2) is 8.00. The summed E-state index contributed by atoms with van der Waals surface area (Å²) in [6.45, 7) is 7.56. The van der Waals surface area contributed by atoms with Crippen LogP contribution in [0.1, 0.15) is 37.5 Å². The smallest absolute Gasteiger partial charge is 0.125 e. The van der Waals surface area contributed by atoms with E-state index in [0.717, 1.165) is 18.7 Å². The molecule has 0 N–H and O–H groups in total. The molecule has 0 aliphatic carbocycles. The fourth-order valence-corrected chi connectivity index (χ4v) is 2.38. The fraction of sp³-hybridized carbons (Fsp3) is 0.400. The lowest BCUT2D eigenvalue weighted by Gasteiger charge is -2.26. The largest absolute Gasteiger partial charge is 0.485 e. The molecule has 1 atom stereocenters. The number of ether oxygens (including phenoxy) is 1. The SMILES string of the molecule is Cc1ccccc1OC(CCN(C)C(C)C)c1ccccc1. The lowest BCUT2D eigenvalue weighted by Crippen LogP contribution is -2.29. The van der Waals surface area contributed by atoms with Gasteiger partial charge in [0.15, 0.2) is 0 Å². The quantitative estimate of drug-likeness (QED) is 0.724. The van der Waals surface area contributed by atoms with E-state index in [-0.39, 0.29) is 6.10 Å². The molecule has 0 saturated carbocycles. The molecule has 22 heavy (non-hydrogen) atoms. The zero-order valence-corrected chi connectivity index (χ0v) is 14.1. The monoisotopic (exact) mass is 297 g/mol. The van der Waals surface area contributed by atoms with E-state index < -0.39 is 0 Å². The molecule has 0 aromatic heterocycles. The number of nitrogens with zero attached hydrogens (tertiary/aromatic N) is 1. The third-order valence-electron chi connectivity index (χ3n) is 4.16. The van der Waals surface area contributed by atoms with Crippen LogP contribution in [0.4, 0.5) is 0 Å². The lowest BCUT2D eigenvalue weighted by atomic mass is 10.1. The van der Waals surface area contributed by atoms with E-state index in [9.17, 15) is 0 Å². The predicted octanol–water partition coefficient (Wildman–Crippen LogP) is 4.85. The van der Waals surface area contributed by atoms with Gasteiger partial charge in [0.2, 0.25) is 0 Å². The third-order valence-corrected chi connectivity index (χ3v) is 4.16. The van der Waals surface area contributed by atoms with Gasteiger partial charge in [-0.15, -0.1) is 0 Å². The molecular formula is C20H27NO. The maximum Gasteiger partial charge on any atom is 0.125 e. The first-order chi connectivity index (χ1) is 10.6. The second-order valence-electron chi connectivity index (χ2n) is 6.15. The van der Waals surface area contributed by atoms with Crippen molar-refractivity contribution >= 4 is 0 Å². The lowest BCUT2D eigenvalue weighted by molar-refractivity contribution is 0.162. The summed E-state index contributed by atoms with van der Waals surface area (Å²) in [5, 5.41) is 0. The Labute approximate surface area is 134 Å². The molecule has 2 aromatic rings. The van der Waals surface area contributed by atoms with Crippen LogP contribution < -0.4 is 4.74 Å². The van der Waals surface area contributed by atoms with Gasteiger partial charge in [-0.1, -0.05) is 48.5 Å². The van der Waals surface area contributed by atoms with Crippen LogP contribution in [0.3, 0.4) is 0 Å². The molecule has 0 heterocycles. The van der Waals surface area contributed by atoms with E-state index in [1.807, 2.05) is 12.1 Å². The molecule has 0 aliphatic rings. The van der Waals surface area contributed by atoms with Crippen LogP contribution in [-0.2, 0) is 0 Å². The van der Waals surface area contributed by atoms with Crippen LogP contribution in [0.15, 0.2) is 54.6 Å². The van der Waals surface area contributed by atoms with Crippen molar-refractivity contribution in [2.75, 3.05) is 13.6 Å². The second-order valence-corrected chi connectivity index (χ2v) is 6.15. The Bertz CT molecular complexity index is 565. The summed E-state index contributed by atoms with van der Waals surface area (Å²) < 4.78 is 6.33. The number of hydrogen-bond donors (Lipinski definition) is 0. The highest BCUT2D eigenvalue weighted by atomic mass is 16.5. The van der Waals surface area contributed by atoms with Crippen molar-refractivity contribution in [2.45, 2.75) is 39.3 Å². The Hall–Kier alpha value is -1.80. The summed E-state index contributed by atoms with van der Waals surface area (Å²) in [6, 6.07) is 19.3. The molecule has 0 bridgehead atoms. The van der Waals surface area contributed by atoms with E-state index in [1.165, 1.54) is 11.1 Å². The van der Waals surface area contributed by atoms with Crippen molar-refractivity contribution in [1.29, 1.82) is 0 Å². The number of rotatable bonds is 7. The zero-order chi connectivity index (χ0) is 15.9. The molecule has 2 rings (SSSR count). The van der Waals surface area contributed by atoms with Crippen LogP contribution in [0.5, 0.6) is 5.75 Å². The Morgan fingerprint density at radius 1 is 0.955 bits per heavy atom. The number of para-hydroxylation sites is 1. The molecule has 0 spiro atoms. The summed E-state index contributed by atoms with van der Waals surface area (Å²) >= 11 is 0. The Kier molecular flexibility index (Phi) is 6.02. The van der Waals surface area contributed by atoms with E-state index in [1.54, 1.807) is 0 Å². The summed E-state index contributed by atoms with van der Waals surface area (Å²) in [6.07, 6.45) is 1.07. The summed E-state index contributed by atoms with van der Waals surface area (Å²) in [4.78, 5) is 2.36. The summed E-state index contributed by atoms with van der Waals surface area (Å²) in [7, 11) is 2.17. The van der Waals surface area contributed by atoms with E-state index in [4.69, 9.17) is 4.74 Å².